The molecule has 1 saturated carbocycles. The standard InChI is InChI=1S/C25H32N6O/c32-24(28-18-25(9-3-1-4-10-25)31-12-5-2-6-13-31)21-14-22-23(27-16-21)30(19-29-22)17-20-8-7-11-26-15-20/h7-8,11,14-16,19H,1-6,9-10,12-13,17-18H2,(H,28,32). The lowest BCUT2D eigenvalue weighted by molar-refractivity contribution is 0.0326. The molecule has 1 aliphatic carbocycles. The number of likely N-dealkylation sites (tertiary alicyclic amines) is 1. The van der Waals surface area contributed by atoms with Crippen LogP contribution >= 0.6 is 0 Å². The largest absolute Gasteiger partial charge is 0.350 e. The molecule has 32 heavy (non-hydrogen) atoms. The molecule has 1 N–H and O–H groups in total. The van der Waals surface area contributed by atoms with E-state index in [1.54, 1.807) is 18.7 Å². The van der Waals surface area contributed by atoms with Crippen LogP contribution in [0, 0.1) is 0 Å². The van der Waals surface area contributed by atoms with E-state index in [2.05, 4.69) is 25.2 Å². The second-order valence-corrected chi connectivity index (χ2v) is 9.32. The molecule has 5 rings (SSSR count). The van der Waals surface area contributed by atoms with Gasteiger partial charge in [-0.25, -0.2) is 9.97 Å². The van der Waals surface area contributed by atoms with E-state index >= 15 is 0 Å². The van der Waals surface area contributed by atoms with Crippen molar-refractivity contribution in [1.29, 1.82) is 0 Å². The van der Waals surface area contributed by atoms with Crippen molar-refractivity contribution in [1.82, 2.24) is 29.7 Å². The van der Waals surface area contributed by atoms with Gasteiger partial charge in [0.1, 0.15) is 5.52 Å². The van der Waals surface area contributed by atoms with Gasteiger partial charge in [-0.2, -0.15) is 0 Å². The van der Waals surface area contributed by atoms with Crippen LogP contribution in [0.1, 0.15) is 67.3 Å². The lowest BCUT2D eigenvalue weighted by Crippen LogP contribution is -2.58. The predicted octanol–water partition coefficient (Wildman–Crippen LogP) is 3.79. The zero-order chi connectivity index (χ0) is 21.8. The average molecular weight is 433 g/mol. The lowest BCUT2D eigenvalue weighted by atomic mass is 9.79. The fourth-order valence-corrected chi connectivity index (χ4v) is 5.41. The third-order valence-corrected chi connectivity index (χ3v) is 7.18. The zero-order valence-corrected chi connectivity index (χ0v) is 18.7. The molecule has 0 radical (unpaired) electrons. The molecule has 7 nitrogen and oxygen atoms in total. The Balaban J connectivity index is 1.29. The van der Waals surface area contributed by atoms with E-state index < -0.39 is 0 Å². The number of carbonyl (C=O) groups excluding carboxylic acids is 1. The Morgan fingerprint density at radius 3 is 2.62 bits per heavy atom. The number of amides is 1. The first kappa shape index (κ1) is 21.1. The Morgan fingerprint density at radius 1 is 1.03 bits per heavy atom. The minimum atomic E-state index is -0.0526. The number of carbonyl (C=O) groups is 1. The molecule has 0 spiro atoms. The maximum Gasteiger partial charge on any atom is 0.252 e. The maximum atomic E-state index is 13.0. The molecule has 0 unspecified atom stereocenters. The van der Waals surface area contributed by atoms with Crippen LogP contribution in [-0.2, 0) is 6.54 Å². The van der Waals surface area contributed by atoms with Gasteiger partial charge in [-0.05, 0) is 56.5 Å². The summed E-state index contributed by atoms with van der Waals surface area (Å²) in [5.41, 5.74) is 3.31. The number of hydrogen-bond acceptors (Lipinski definition) is 5. The van der Waals surface area contributed by atoms with Crippen molar-refractivity contribution in [3.05, 3.63) is 54.2 Å². The number of nitrogens with zero attached hydrogens (tertiary/aromatic N) is 5. The first-order valence-electron chi connectivity index (χ1n) is 12.0. The molecule has 168 valence electrons. The van der Waals surface area contributed by atoms with E-state index in [0.29, 0.717) is 12.1 Å². The molecule has 4 heterocycles. The van der Waals surface area contributed by atoms with E-state index in [1.165, 1.54) is 51.4 Å². The van der Waals surface area contributed by atoms with Crippen molar-refractivity contribution in [2.24, 2.45) is 0 Å². The van der Waals surface area contributed by atoms with Crippen LogP contribution in [0.15, 0.2) is 43.1 Å². The normalized spacial score (nSPS) is 19.1. The van der Waals surface area contributed by atoms with Gasteiger partial charge >= 0.3 is 0 Å². The summed E-state index contributed by atoms with van der Waals surface area (Å²) in [6.07, 6.45) is 17.1. The van der Waals surface area contributed by atoms with E-state index in [4.69, 9.17) is 0 Å². The van der Waals surface area contributed by atoms with E-state index in [1.807, 2.05) is 29.0 Å². The van der Waals surface area contributed by atoms with Crippen LogP contribution in [0.5, 0.6) is 0 Å². The van der Waals surface area contributed by atoms with Crippen LogP contribution < -0.4 is 5.32 Å². The molecule has 3 aromatic rings. The van der Waals surface area contributed by atoms with Gasteiger partial charge < -0.3 is 9.88 Å². The van der Waals surface area contributed by atoms with Gasteiger partial charge in [-0.15, -0.1) is 0 Å². The zero-order valence-electron chi connectivity index (χ0n) is 18.7. The predicted molar refractivity (Wildman–Crippen MR) is 124 cm³/mol. The molecule has 7 heteroatoms. The molecular formula is C25H32N6O. The molecule has 3 aromatic heterocycles. The van der Waals surface area contributed by atoms with Crippen LogP contribution in [0.3, 0.4) is 0 Å². The Kier molecular flexibility index (Phi) is 6.17. The number of aromatic nitrogens is 4. The molecule has 1 aliphatic heterocycles. The monoisotopic (exact) mass is 432 g/mol. The minimum Gasteiger partial charge on any atom is -0.350 e. The highest BCUT2D eigenvalue weighted by molar-refractivity contribution is 5.96. The van der Waals surface area contributed by atoms with Crippen LogP contribution in [0.4, 0.5) is 0 Å². The first-order chi connectivity index (χ1) is 15.7. The molecule has 0 atom stereocenters. The summed E-state index contributed by atoms with van der Waals surface area (Å²) < 4.78 is 1.99. The van der Waals surface area contributed by atoms with Crippen molar-refractivity contribution in [3.63, 3.8) is 0 Å². The van der Waals surface area contributed by atoms with Gasteiger partial charge in [-0.1, -0.05) is 31.7 Å². The Hall–Kier alpha value is -2.80. The summed E-state index contributed by atoms with van der Waals surface area (Å²) in [7, 11) is 0. The number of piperidine rings is 1. The molecule has 2 aliphatic rings. The third-order valence-electron chi connectivity index (χ3n) is 7.18. The number of hydrogen-bond donors (Lipinski definition) is 1. The molecule has 2 fully saturated rings. The summed E-state index contributed by atoms with van der Waals surface area (Å²) in [6.45, 7) is 3.70. The second-order valence-electron chi connectivity index (χ2n) is 9.32. The van der Waals surface area contributed by atoms with Gasteiger partial charge in [0.25, 0.3) is 5.91 Å². The van der Waals surface area contributed by atoms with Gasteiger partial charge in [0.05, 0.1) is 18.4 Å². The summed E-state index contributed by atoms with van der Waals surface area (Å²) in [6, 6.07) is 5.81. The summed E-state index contributed by atoms with van der Waals surface area (Å²) in [5, 5.41) is 3.25. The average Bonchev–Trinajstić information content (AvgIpc) is 3.26. The Morgan fingerprint density at radius 2 is 1.84 bits per heavy atom. The van der Waals surface area contributed by atoms with Gasteiger partial charge in [-0.3, -0.25) is 14.7 Å². The van der Waals surface area contributed by atoms with Crippen molar-refractivity contribution in [3.8, 4) is 0 Å². The lowest BCUT2D eigenvalue weighted by Gasteiger charge is -2.48. The van der Waals surface area contributed by atoms with Crippen LogP contribution in [0.2, 0.25) is 0 Å². The van der Waals surface area contributed by atoms with Crippen molar-refractivity contribution >= 4 is 17.1 Å². The second kappa shape index (κ2) is 9.36. The highest BCUT2D eigenvalue weighted by atomic mass is 16.1. The van der Waals surface area contributed by atoms with E-state index in [-0.39, 0.29) is 11.4 Å². The van der Waals surface area contributed by atoms with Crippen molar-refractivity contribution < 1.29 is 4.79 Å². The SMILES string of the molecule is O=C(NCC1(N2CCCCC2)CCCCC1)c1cnc2c(c1)ncn2Cc1cccnc1. The van der Waals surface area contributed by atoms with Gasteiger partial charge in [0.2, 0.25) is 0 Å². The van der Waals surface area contributed by atoms with E-state index in [0.717, 1.165) is 36.4 Å². The smallest absolute Gasteiger partial charge is 0.252 e. The van der Waals surface area contributed by atoms with Crippen molar-refractivity contribution in [2.45, 2.75) is 63.5 Å². The topological polar surface area (TPSA) is 75.9 Å². The number of nitrogens with one attached hydrogen (secondary N) is 1. The molecule has 1 saturated heterocycles. The van der Waals surface area contributed by atoms with E-state index in [9.17, 15) is 4.79 Å². The molecule has 0 aromatic carbocycles. The third kappa shape index (κ3) is 4.39. The fraction of sp³-hybridized carbons (Fsp3) is 0.520. The quantitative estimate of drug-likeness (QED) is 0.641. The summed E-state index contributed by atoms with van der Waals surface area (Å²) >= 11 is 0. The van der Waals surface area contributed by atoms with Crippen LogP contribution in [-0.4, -0.2) is 55.5 Å². The molecular weight excluding hydrogens is 400 g/mol. The number of pyridine rings is 2. The Labute approximate surface area is 189 Å². The highest BCUT2D eigenvalue weighted by Gasteiger charge is 2.38. The van der Waals surface area contributed by atoms with Gasteiger partial charge in [0.15, 0.2) is 5.65 Å². The number of rotatable bonds is 6. The summed E-state index contributed by atoms with van der Waals surface area (Å²) in [5.74, 6) is -0.0526. The minimum absolute atomic E-state index is 0.0526. The number of imidazole rings is 1. The molecule has 0 bridgehead atoms. The maximum absolute atomic E-state index is 13.0. The first-order valence-corrected chi connectivity index (χ1v) is 12.0. The molecule has 1 amide bonds. The highest BCUT2D eigenvalue weighted by Crippen LogP contribution is 2.35. The summed E-state index contributed by atoms with van der Waals surface area (Å²) in [4.78, 5) is 28.9. The van der Waals surface area contributed by atoms with Crippen molar-refractivity contribution in [2.75, 3.05) is 19.6 Å². The van der Waals surface area contributed by atoms with Gasteiger partial charge in [0, 0.05) is 30.7 Å². The Bertz CT molecular complexity index is 1050. The van der Waals surface area contributed by atoms with Crippen LogP contribution in [0.25, 0.3) is 11.2 Å². The fourth-order valence-electron chi connectivity index (χ4n) is 5.41. The number of fused-ring (bicyclic) bond motifs is 1.